The Morgan fingerprint density at radius 2 is 1.97 bits per heavy atom. The average molecular weight is 494 g/mol. The van der Waals surface area contributed by atoms with Gasteiger partial charge in [0.25, 0.3) is 5.91 Å². The Morgan fingerprint density at radius 3 is 2.63 bits per heavy atom. The van der Waals surface area contributed by atoms with Crippen LogP contribution in [0.2, 0.25) is 0 Å². The minimum atomic E-state index is -0.957. The average Bonchev–Trinajstić information content (AvgIpc) is 3.31. The molecule has 35 heavy (non-hydrogen) atoms. The molecule has 2 aliphatic heterocycles. The number of nitriles is 1. The SMILES string of the molecule is CC(O)C(=O)N1CCN(Cc2cc3c(N4CCOCC4)nc(-c4ccc(C#N)nc4)nc3s2)CC1. The number of pyridine rings is 1. The van der Waals surface area contributed by atoms with E-state index in [1.807, 2.05) is 12.1 Å². The van der Waals surface area contributed by atoms with Crippen LogP contribution in [0, 0.1) is 11.3 Å². The molecule has 1 atom stereocenters. The fourth-order valence-corrected chi connectivity index (χ4v) is 5.45. The maximum atomic E-state index is 12.1. The molecule has 1 unspecified atom stereocenters. The second-order valence-electron chi connectivity index (χ2n) is 8.72. The van der Waals surface area contributed by atoms with E-state index in [1.165, 1.54) is 11.8 Å². The van der Waals surface area contributed by atoms with Gasteiger partial charge < -0.3 is 19.6 Å². The molecule has 1 N–H and O–H groups in total. The molecule has 3 aromatic heterocycles. The number of thiophene rings is 1. The second-order valence-corrected chi connectivity index (χ2v) is 9.84. The molecule has 10 nitrogen and oxygen atoms in total. The standard InChI is InChI=1S/C24H27N7O3S/c1-16(32)24(33)31-6-4-29(5-7-31)15-19-12-20-22(30-8-10-34-11-9-30)27-21(28-23(20)35-19)17-2-3-18(13-25)26-14-17/h2-3,12,14,16,32H,4-11,15H2,1H3. The first kappa shape index (κ1) is 23.6. The third-order valence-corrected chi connectivity index (χ3v) is 7.30. The highest BCUT2D eigenvalue weighted by Gasteiger charge is 2.25. The molecular weight excluding hydrogens is 466 g/mol. The molecule has 1 amide bonds. The van der Waals surface area contributed by atoms with Crippen molar-refractivity contribution in [3.8, 4) is 17.5 Å². The summed E-state index contributed by atoms with van der Waals surface area (Å²) in [6.07, 6.45) is 0.688. The van der Waals surface area contributed by atoms with E-state index < -0.39 is 6.10 Å². The van der Waals surface area contributed by atoms with Gasteiger partial charge in [-0.25, -0.2) is 15.0 Å². The molecule has 0 aromatic carbocycles. The lowest BCUT2D eigenvalue weighted by Crippen LogP contribution is -2.50. The number of ether oxygens (including phenoxy) is 1. The van der Waals surface area contributed by atoms with Crippen molar-refractivity contribution in [2.45, 2.75) is 19.6 Å². The Morgan fingerprint density at radius 1 is 1.20 bits per heavy atom. The van der Waals surface area contributed by atoms with Crippen molar-refractivity contribution in [3.63, 3.8) is 0 Å². The highest BCUT2D eigenvalue weighted by molar-refractivity contribution is 7.18. The number of hydrogen-bond donors (Lipinski definition) is 1. The van der Waals surface area contributed by atoms with Crippen molar-refractivity contribution in [2.75, 3.05) is 57.4 Å². The van der Waals surface area contributed by atoms with Crippen LogP contribution in [0.3, 0.4) is 0 Å². The largest absolute Gasteiger partial charge is 0.384 e. The Kier molecular flexibility index (Phi) is 6.88. The Bertz CT molecular complexity index is 1240. The summed E-state index contributed by atoms with van der Waals surface area (Å²) in [6.45, 7) is 7.89. The van der Waals surface area contributed by atoms with Gasteiger partial charge >= 0.3 is 0 Å². The Hall–Kier alpha value is -3.17. The van der Waals surface area contributed by atoms with Gasteiger partial charge in [-0.3, -0.25) is 9.69 Å². The number of aliphatic hydroxyl groups is 1. The number of carbonyl (C=O) groups is 1. The molecule has 0 bridgehead atoms. The van der Waals surface area contributed by atoms with Crippen LogP contribution >= 0.6 is 11.3 Å². The zero-order chi connectivity index (χ0) is 24.4. The first-order valence-electron chi connectivity index (χ1n) is 11.7. The lowest BCUT2D eigenvalue weighted by atomic mass is 10.2. The maximum Gasteiger partial charge on any atom is 0.251 e. The van der Waals surface area contributed by atoms with E-state index in [0.29, 0.717) is 37.8 Å². The molecule has 0 saturated carbocycles. The number of rotatable bonds is 5. The highest BCUT2D eigenvalue weighted by atomic mass is 32.1. The number of amides is 1. The first-order chi connectivity index (χ1) is 17.0. The summed E-state index contributed by atoms with van der Waals surface area (Å²) >= 11 is 1.65. The minimum absolute atomic E-state index is 0.207. The van der Waals surface area contributed by atoms with Crippen molar-refractivity contribution >= 4 is 33.3 Å². The van der Waals surface area contributed by atoms with E-state index in [0.717, 1.165) is 54.3 Å². The van der Waals surface area contributed by atoms with E-state index in [2.05, 4.69) is 20.9 Å². The second kappa shape index (κ2) is 10.2. The summed E-state index contributed by atoms with van der Waals surface area (Å²) in [4.78, 5) is 34.4. The van der Waals surface area contributed by atoms with Crippen molar-refractivity contribution in [3.05, 3.63) is 35.0 Å². The molecule has 11 heteroatoms. The van der Waals surface area contributed by atoms with Gasteiger partial charge in [0.15, 0.2) is 5.82 Å². The zero-order valence-electron chi connectivity index (χ0n) is 19.6. The van der Waals surface area contributed by atoms with E-state index in [9.17, 15) is 9.90 Å². The van der Waals surface area contributed by atoms with Crippen LogP contribution in [-0.4, -0.2) is 94.4 Å². The summed E-state index contributed by atoms with van der Waals surface area (Å²) in [5.74, 6) is 1.28. The summed E-state index contributed by atoms with van der Waals surface area (Å²) < 4.78 is 5.55. The predicted octanol–water partition coefficient (Wildman–Crippen LogP) is 1.49. The van der Waals surface area contributed by atoms with Crippen LogP contribution in [0.15, 0.2) is 24.4 Å². The Labute approximate surface area is 207 Å². The number of hydrogen-bond acceptors (Lipinski definition) is 10. The highest BCUT2D eigenvalue weighted by Crippen LogP contribution is 2.34. The minimum Gasteiger partial charge on any atom is -0.384 e. The zero-order valence-corrected chi connectivity index (χ0v) is 20.4. The fourth-order valence-electron chi connectivity index (χ4n) is 4.38. The van der Waals surface area contributed by atoms with Crippen molar-refractivity contribution in [1.82, 2.24) is 24.8 Å². The summed E-state index contributed by atoms with van der Waals surface area (Å²) in [7, 11) is 0. The van der Waals surface area contributed by atoms with E-state index in [-0.39, 0.29) is 5.91 Å². The van der Waals surface area contributed by atoms with Gasteiger partial charge in [0.05, 0.1) is 18.6 Å². The van der Waals surface area contributed by atoms with Crippen LogP contribution in [0.5, 0.6) is 0 Å². The van der Waals surface area contributed by atoms with Gasteiger partial charge in [0.2, 0.25) is 0 Å². The molecule has 2 aliphatic rings. The number of fused-ring (bicyclic) bond motifs is 1. The molecule has 2 fully saturated rings. The molecule has 0 aliphatic carbocycles. The molecule has 0 spiro atoms. The molecule has 3 aromatic rings. The lowest BCUT2D eigenvalue weighted by Gasteiger charge is -2.35. The molecule has 0 radical (unpaired) electrons. The van der Waals surface area contributed by atoms with Crippen LogP contribution in [0.1, 0.15) is 17.5 Å². The van der Waals surface area contributed by atoms with E-state index in [1.54, 1.807) is 28.5 Å². The van der Waals surface area contributed by atoms with Crippen LogP contribution in [0.25, 0.3) is 21.6 Å². The van der Waals surface area contributed by atoms with Gasteiger partial charge in [0, 0.05) is 62.5 Å². The number of carbonyl (C=O) groups excluding carboxylic acids is 1. The summed E-state index contributed by atoms with van der Waals surface area (Å²) in [5, 5.41) is 19.7. The van der Waals surface area contributed by atoms with Crippen LogP contribution in [-0.2, 0) is 16.1 Å². The number of aliphatic hydroxyl groups excluding tert-OH is 1. The number of piperazine rings is 1. The molecule has 182 valence electrons. The lowest BCUT2D eigenvalue weighted by molar-refractivity contribution is -0.141. The quantitative estimate of drug-likeness (QED) is 0.564. The molecule has 5 rings (SSSR count). The third-order valence-electron chi connectivity index (χ3n) is 6.29. The fraction of sp³-hybridized carbons (Fsp3) is 0.458. The molecule has 5 heterocycles. The Balaban J connectivity index is 1.41. The topological polar surface area (TPSA) is 119 Å². The monoisotopic (exact) mass is 493 g/mol. The van der Waals surface area contributed by atoms with E-state index in [4.69, 9.17) is 20.0 Å². The maximum absolute atomic E-state index is 12.1. The number of morpholine rings is 1. The van der Waals surface area contributed by atoms with E-state index >= 15 is 0 Å². The normalized spacial score (nSPS) is 18.0. The van der Waals surface area contributed by atoms with Crippen molar-refractivity contribution in [1.29, 1.82) is 5.26 Å². The molecular formula is C24H27N7O3S. The number of nitrogens with zero attached hydrogens (tertiary/aromatic N) is 7. The first-order valence-corrected chi connectivity index (χ1v) is 12.5. The van der Waals surface area contributed by atoms with Gasteiger partial charge in [-0.2, -0.15) is 5.26 Å². The summed E-state index contributed by atoms with van der Waals surface area (Å²) in [6, 6.07) is 7.73. The molecule has 2 saturated heterocycles. The summed E-state index contributed by atoms with van der Waals surface area (Å²) in [5.41, 5.74) is 1.13. The van der Waals surface area contributed by atoms with Gasteiger partial charge in [-0.15, -0.1) is 11.3 Å². The number of aromatic nitrogens is 3. The van der Waals surface area contributed by atoms with Gasteiger partial charge in [0.1, 0.15) is 28.5 Å². The van der Waals surface area contributed by atoms with Gasteiger partial charge in [-0.05, 0) is 25.1 Å². The van der Waals surface area contributed by atoms with Crippen molar-refractivity contribution in [2.24, 2.45) is 0 Å². The number of anilines is 1. The smallest absolute Gasteiger partial charge is 0.251 e. The van der Waals surface area contributed by atoms with Crippen LogP contribution < -0.4 is 4.90 Å². The van der Waals surface area contributed by atoms with Crippen LogP contribution in [0.4, 0.5) is 5.82 Å². The third kappa shape index (κ3) is 5.11. The van der Waals surface area contributed by atoms with Gasteiger partial charge in [-0.1, -0.05) is 0 Å². The van der Waals surface area contributed by atoms with Crippen molar-refractivity contribution < 1.29 is 14.6 Å². The predicted molar refractivity (Wildman–Crippen MR) is 132 cm³/mol.